The van der Waals surface area contributed by atoms with Gasteiger partial charge in [-0.25, -0.2) is 0 Å². The molecule has 458 valence electrons. The van der Waals surface area contributed by atoms with Crippen molar-refractivity contribution in [3.8, 4) is 0 Å². The molecule has 0 spiro atoms. The second kappa shape index (κ2) is 67.8. The minimum atomic E-state index is -0.804. The number of unbranched alkanes of at least 4 members (excludes halogenated alkanes) is 24. The third-order valence-corrected chi connectivity index (χ3v) is 13.8. The highest BCUT2D eigenvalue weighted by atomic mass is 16.6. The molecule has 1 unspecified atom stereocenters. The molecule has 0 fully saturated rings. The van der Waals surface area contributed by atoms with Gasteiger partial charge in [-0.15, -0.1) is 0 Å². The molecular formula is C75H122O6. The molecule has 0 aromatic heterocycles. The van der Waals surface area contributed by atoms with E-state index in [1.54, 1.807) is 0 Å². The zero-order valence-corrected chi connectivity index (χ0v) is 52.5. The van der Waals surface area contributed by atoms with E-state index in [1.807, 2.05) is 0 Å². The van der Waals surface area contributed by atoms with Gasteiger partial charge in [-0.05, 0) is 122 Å². The smallest absolute Gasteiger partial charge is 0.306 e. The van der Waals surface area contributed by atoms with Crippen LogP contribution in [-0.2, 0) is 28.6 Å². The van der Waals surface area contributed by atoms with E-state index in [-0.39, 0.29) is 31.1 Å². The summed E-state index contributed by atoms with van der Waals surface area (Å²) in [4.78, 5) is 38.4. The van der Waals surface area contributed by atoms with Crippen molar-refractivity contribution in [2.45, 2.75) is 297 Å². The standard InChI is InChI=1S/C75H122O6/c1-4-7-10-13-16-19-22-25-27-29-31-33-35-36-37-38-40-41-43-45-47-50-53-56-59-62-65-68-74(77)80-71-72(70-79-73(76)67-64-61-58-55-52-49-24-21-18-15-12-9-6-3)81-75(78)69-66-63-60-57-54-51-48-46-44-42-39-34-32-30-28-26-23-20-17-14-11-8-5-2/h7-8,10-11,16-17,19-20,25-28,31-34,36-37,40-41,45,47,53,56,72H,4-6,9,12-15,18,21-24,29-30,35,38-39,42-44,46,48-52,54-55,57-71H2,1-3H3/b10-7-,11-8-,19-16-,20-17-,27-25-,28-26-,33-31-,34-32-,37-36-,41-40-,47-45-,56-53-. The number of esters is 3. The van der Waals surface area contributed by atoms with Crippen LogP contribution in [0.15, 0.2) is 146 Å². The quantitative estimate of drug-likeness (QED) is 0.0261. The van der Waals surface area contributed by atoms with Gasteiger partial charge in [-0.1, -0.05) is 295 Å². The summed E-state index contributed by atoms with van der Waals surface area (Å²) in [5.74, 6) is -0.942. The maximum absolute atomic E-state index is 12.9. The number of rotatable bonds is 59. The largest absolute Gasteiger partial charge is 0.462 e. The van der Waals surface area contributed by atoms with Crippen LogP contribution >= 0.6 is 0 Å². The normalized spacial score (nSPS) is 13.1. The molecule has 1 atom stereocenters. The highest BCUT2D eigenvalue weighted by Gasteiger charge is 2.19. The van der Waals surface area contributed by atoms with Gasteiger partial charge < -0.3 is 14.2 Å². The molecular weight excluding hydrogens is 997 g/mol. The maximum Gasteiger partial charge on any atom is 0.306 e. The molecule has 0 aromatic rings. The third kappa shape index (κ3) is 66.0. The molecule has 0 heterocycles. The van der Waals surface area contributed by atoms with E-state index < -0.39 is 6.10 Å². The molecule has 0 aliphatic rings. The second-order valence-electron chi connectivity index (χ2n) is 21.6. The predicted octanol–water partition coefficient (Wildman–Crippen LogP) is 23.1. The first-order chi connectivity index (χ1) is 40.0. The lowest BCUT2D eigenvalue weighted by Crippen LogP contribution is -2.30. The van der Waals surface area contributed by atoms with E-state index in [1.165, 1.54) is 116 Å². The molecule has 0 bridgehead atoms. The molecule has 0 radical (unpaired) electrons. The Morgan fingerprint density at radius 2 is 0.481 bits per heavy atom. The Bertz CT molecular complexity index is 1760. The first-order valence-corrected chi connectivity index (χ1v) is 33.3. The van der Waals surface area contributed by atoms with E-state index in [0.29, 0.717) is 25.7 Å². The van der Waals surface area contributed by atoms with Gasteiger partial charge in [0, 0.05) is 19.3 Å². The van der Waals surface area contributed by atoms with Crippen LogP contribution in [0.2, 0.25) is 0 Å². The molecule has 0 aliphatic heterocycles. The second-order valence-corrected chi connectivity index (χ2v) is 21.6. The van der Waals surface area contributed by atoms with Gasteiger partial charge in [0.05, 0.1) is 0 Å². The summed E-state index contributed by atoms with van der Waals surface area (Å²) in [5, 5.41) is 0. The topological polar surface area (TPSA) is 78.9 Å². The van der Waals surface area contributed by atoms with Crippen LogP contribution in [0.25, 0.3) is 0 Å². The molecule has 0 saturated heterocycles. The van der Waals surface area contributed by atoms with Crippen molar-refractivity contribution in [2.24, 2.45) is 0 Å². The van der Waals surface area contributed by atoms with Crippen molar-refractivity contribution in [3.63, 3.8) is 0 Å². The van der Waals surface area contributed by atoms with Crippen LogP contribution in [-0.4, -0.2) is 37.2 Å². The third-order valence-electron chi connectivity index (χ3n) is 13.8. The van der Waals surface area contributed by atoms with E-state index in [2.05, 4.69) is 167 Å². The summed E-state index contributed by atoms with van der Waals surface area (Å²) < 4.78 is 16.9. The zero-order chi connectivity index (χ0) is 58.5. The Morgan fingerprint density at radius 3 is 0.778 bits per heavy atom. The minimum absolute atomic E-state index is 0.0959. The summed E-state index contributed by atoms with van der Waals surface area (Å²) in [5.41, 5.74) is 0. The van der Waals surface area contributed by atoms with Gasteiger partial charge in [0.15, 0.2) is 6.10 Å². The molecule has 0 aliphatic carbocycles. The molecule has 0 amide bonds. The lowest BCUT2D eigenvalue weighted by atomic mass is 10.0. The van der Waals surface area contributed by atoms with Gasteiger partial charge in [-0.2, -0.15) is 0 Å². The van der Waals surface area contributed by atoms with Crippen LogP contribution in [0.1, 0.15) is 290 Å². The summed E-state index contributed by atoms with van der Waals surface area (Å²) in [6.07, 6.45) is 97.1. The average molecular weight is 1120 g/mol. The number of carbonyl (C=O) groups is 3. The Hall–Kier alpha value is -4.71. The molecule has 0 N–H and O–H groups in total. The summed E-state index contributed by atoms with van der Waals surface area (Å²) in [7, 11) is 0. The Balaban J connectivity index is 4.43. The average Bonchev–Trinajstić information content (AvgIpc) is 3.46. The fourth-order valence-corrected chi connectivity index (χ4v) is 8.92. The van der Waals surface area contributed by atoms with Crippen molar-refractivity contribution in [1.82, 2.24) is 0 Å². The Kier molecular flexibility index (Phi) is 63.9. The van der Waals surface area contributed by atoms with E-state index in [4.69, 9.17) is 14.2 Å². The molecule has 0 saturated carbocycles. The lowest BCUT2D eigenvalue weighted by molar-refractivity contribution is -0.167. The monoisotopic (exact) mass is 1120 g/mol. The number of hydrogen-bond acceptors (Lipinski definition) is 6. The van der Waals surface area contributed by atoms with Crippen LogP contribution in [0.3, 0.4) is 0 Å². The van der Waals surface area contributed by atoms with Crippen LogP contribution in [0.4, 0.5) is 0 Å². The summed E-state index contributed by atoms with van der Waals surface area (Å²) in [6, 6.07) is 0. The van der Waals surface area contributed by atoms with E-state index in [0.717, 1.165) is 128 Å². The SMILES string of the molecule is CC/C=C\C/C=C\C/C=C\C/C=C\C/C=C\C/C=C\C/C=C\C/C=C\CCCCC(=O)OCC(COC(=O)CCCCCCCCCCCCCCC)OC(=O)CCCCCCCCCCCC/C=C\C/C=C\C/C=C\C/C=C\CC. The number of carbonyl (C=O) groups excluding carboxylic acids is 3. The van der Waals surface area contributed by atoms with Gasteiger partial charge in [0.25, 0.3) is 0 Å². The van der Waals surface area contributed by atoms with Crippen molar-refractivity contribution < 1.29 is 28.6 Å². The lowest BCUT2D eigenvalue weighted by Gasteiger charge is -2.18. The maximum atomic E-state index is 12.9. The number of hydrogen-bond donors (Lipinski definition) is 0. The zero-order valence-electron chi connectivity index (χ0n) is 52.5. The van der Waals surface area contributed by atoms with E-state index >= 15 is 0 Å². The van der Waals surface area contributed by atoms with Crippen LogP contribution < -0.4 is 0 Å². The van der Waals surface area contributed by atoms with Gasteiger partial charge in [0.1, 0.15) is 13.2 Å². The van der Waals surface area contributed by atoms with Crippen LogP contribution in [0.5, 0.6) is 0 Å². The van der Waals surface area contributed by atoms with E-state index in [9.17, 15) is 14.4 Å². The fraction of sp³-hybridized carbons (Fsp3) is 0.640. The first kappa shape index (κ1) is 76.3. The van der Waals surface area contributed by atoms with Crippen molar-refractivity contribution in [2.75, 3.05) is 13.2 Å². The van der Waals surface area contributed by atoms with Crippen molar-refractivity contribution >= 4 is 17.9 Å². The van der Waals surface area contributed by atoms with Crippen molar-refractivity contribution in [3.05, 3.63) is 146 Å². The highest BCUT2D eigenvalue weighted by molar-refractivity contribution is 5.71. The molecule has 0 aromatic carbocycles. The van der Waals surface area contributed by atoms with Gasteiger partial charge >= 0.3 is 17.9 Å². The van der Waals surface area contributed by atoms with Crippen molar-refractivity contribution in [1.29, 1.82) is 0 Å². The minimum Gasteiger partial charge on any atom is -0.462 e. The number of allylic oxidation sites excluding steroid dienone is 24. The molecule has 81 heavy (non-hydrogen) atoms. The Labute approximate surface area is 499 Å². The molecule has 6 heteroatoms. The van der Waals surface area contributed by atoms with Crippen LogP contribution in [0, 0.1) is 0 Å². The van der Waals surface area contributed by atoms with Gasteiger partial charge in [-0.3, -0.25) is 14.4 Å². The first-order valence-electron chi connectivity index (χ1n) is 33.3. The highest BCUT2D eigenvalue weighted by Crippen LogP contribution is 2.16. The summed E-state index contributed by atoms with van der Waals surface area (Å²) in [6.45, 7) is 6.39. The summed E-state index contributed by atoms with van der Waals surface area (Å²) >= 11 is 0. The molecule has 6 nitrogen and oxygen atoms in total. The van der Waals surface area contributed by atoms with Gasteiger partial charge in [0.2, 0.25) is 0 Å². The fourth-order valence-electron chi connectivity index (χ4n) is 8.92. The Morgan fingerprint density at radius 1 is 0.259 bits per heavy atom. The molecule has 0 rings (SSSR count). The predicted molar refractivity (Wildman–Crippen MR) is 352 cm³/mol. The number of ether oxygens (including phenoxy) is 3.